The predicted molar refractivity (Wildman–Crippen MR) is 95.6 cm³/mol. The van der Waals surface area contributed by atoms with E-state index in [4.69, 9.17) is 4.74 Å². The number of hydrogen-bond acceptors (Lipinski definition) is 2. The van der Waals surface area contributed by atoms with E-state index < -0.39 is 0 Å². The van der Waals surface area contributed by atoms with Crippen LogP contribution in [0.25, 0.3) is 0 Å². The summed E-state index contributed by atoms with van der Waals surface area (Å²) in [7, 11) is 0. The van der Waals surface area contributed by atoms with Crippen LogP contribution in [0, 0.1) is 28.6 Å². The molecule has 3 heteroatoms. The van der Waals surface area contributed by atoms with Crippen LogP contribution in [0.4, 0.5) is 0 Å². The molecule has 1 N–H and O–H groups in total. The molecule has 1 heterocycles. The molecule has 0 aromatic heterocycles. The Labute approximate surface area is 147 Å². The van der Waals surface area contributed by atoms with Crippen molar-refractivity contribution in [3.8, 4) is 0 Å². The summed E-state index contributed by atoms with van der Waals surface area (Å²) in [5.74, 6) is 2.86. The van der Waals surface area contributed by atoms with Gasteiger partial charge in [-0.1, -0.05) is 20.3 Å². The molecule has 4 fully saturated rings. The maximum atomic E-state index is 11.9. The third kappa shape index (κ3) is 2.53. The molecule has 4 aliphatic rings. The van der Waals surface area contributed by atoms with Gasteiger partial charge < -0.3 is 10.1 Å². The summed E-state index contributed by atoms with van der Waals surface area (Å²) in [6.45, 7) is 6.63. The Morgan fingerprint density at radius 3 is 2.83 bits per heavy atom. The van der Waals surface area contributed by atoms with Crippen LogP contribution in [0.1, 0.15) is 78.1 Å². The summed E-state index contributed by atoms with van der Waals surface area (Å²) in [6.07, 6.45) is 12.4. The van der Waals surface area contributed by atoms with Crippen molar-refractivity contribution in [3.05, 3.63) is 0 Å². The van der Waals surface area contributed by atoms with E-state index in [2.05, 4.69) is 19.2 Å². The quantitative estimate of drug-likeness (QED) is 0.779. The molecule has 3 saturated carbocycles. The van der Waals surface area contributed by atoms with E-state index in [0.717, 1.165) is 50.2 Å². The number of hydrogen-bond donors (Lipinski definition) is 1. The van der Waals surface area contributed by atoms with Crippen LogP contribution in [0.3, 0.4) is 0 Å². The first-order chi connectivity index (χ1) is 11.6. The van der Waals surface area contributed by atoms with Crippen LogP contribution < -0.4 is 5.32 Å². The number of amides is 1. The van der Waals surface area contributed by atoms with Crippen LogP contribution in [-0.4, -0.2) is 25.2 Å². The second-order valence-electron chi connectivity index (χ2n) is 9.43. The summed E-state index contributed by atoms with van der Waals surface area (Å²) < 4.78 is 6.10. The Morgan fingerprint density at radius 1 is 1.12 bits per heavy atom. The van der Waals surface area contributed by atoms with Gasteiger partial charge in [0.25, 0.3) is 0 Å². The van der Waals surface area contributed by atoms with Crippen LogP contribution in [-0.2, 0) is 9.53 Å². The lowest BCUT2D eigenvalue weighted by atomic mass is 9.47. The summed E-state index contributed by atoms with van der Waals surface area (Å²) in [6, 6.07) is 0.435. The first-order valence-electron chi connectivity index (χ1n) is 10.5. The van der Waals surface area contributed by atoms with E-state index in [1.165, 1.54) is 44.9 Å². The van der Waals surface area contributed by atoms with E-state index in [1.54, 1.807) is 0 Å². The van der Waals surface area contributed by atoms with E-state index in [9.17, 15) is 4.79 Å². The van der Waals surface area contributed by atoms with Crippen LogP contribution in [0.2, 0.25) is 0 Å². The Morgan fingerprint density at radius 2 is 2.00 bits per heavy atom. The largest absolute Gasteiger partial charge is 0.381 e. The van der Waals surface area contributed by atoms with Crippen LogP contribution in [0.15, 0.2) is 0 Å². The van der Waals surface area contributed by atoms with Crippen molar-refractivity contribution in [1.82, 2.24) is 5.32 Å². The highest BCUT2D eigenvalue weighted by Crippen LogP contribution is 2.64. The summed E-state index contributed by atoms with van der Waals surface area (Å²) >= 11 is 0. The predicted octanol–water partition coefficient (Wildman–Crippen LogP) is 4.30. The molecule has 6 atom stereocenters. The van der Waals surface area contributed by atoms with Crippen molar-refractivity contribution in [2.75, 3.05) is 13.2 Å². The van der Waals surface area contributed by atoms with Crippen molar-refractivity contribution in [2.45, 2.75) is 84.1 Å². The minimum atomic E-state index is 0.287. The zero-order valence-electron chi connectivity index (χ0n) is 15.6. The number of carbonyl (C=O) groups excluding carboxylic acids is 1. The molecule has 3 aliphatic carbocycles. The monoisotopic (exact) mass is 333 g/mol. The lowest BCUT2D eigenvalue weighted by Crippen LogP contribution is -2.61. The number of piperidine rings is 1. The van der Waals surface area contributed by atoms with Gasteiger partial charge >= 0.3 is 0 Å². The van der Waals surface area contributed by atoms with E-state index in [1.807, 2.05) is 0 Å². The molecule has 1 saturated heterocycles. The standard InChI is InChI=1S/C21H35NO2/c1-3-13-24-14-21-10-4-5-17(21)15-6-7-18-20(2,16(15)8-12-21)11-9-19(23)22-18/h15-18H,3-14H2,1-2H3,(H,22,23)/t15-,16+,17+,18-,20-,21+/m1/s1. The van der Waals surface area contributed by atoms with Crippen LogP contribution in [0.5, 0.6) is 0 Å². The van der Waals surface area contributed by atoms with Gasteiger partial charge in [0.05, 0.1) is 6.61 Å². The summed E-state index contributed by atoms with van der Waals surface area (Å²) in [5.41, 5.74) is 0.827. The van der Waals surface area contributed by atoms with Gasteiger partial charge in [-0.05, 0) is 80.0 Å². The second-order valence-corrected chi connectivity index (χ2v) is 9.43. The average molecular weight is 334 g/mol. The maximum absolute atomic E-state index is 11.9. The Kier molecular flexibility index (Phi) is 4.43. The molecule has 0 aromatic carbocycles. The Hall–Kier alpha value is -0.570. The lowest BCUT2D eigenvalue weighted by molar-refractivity contribution is -0.139. The van der Waals surface area contributed by atoms with E-state index in [0.29, 0.717) is 16.9 Å². The summed E-state index contributed by atoms with van der Waals surface area (Å²) in [4.78, 5) is 11.9. The molecule has 24 heavy (non-hydrogen) atoms. The normalized spacial score (nSPS) is 47.5. The van der Waals surface area contributed by atoms with Gasteiger partial charge in [0.1, 0.15) is 0 Å². The number of ether oxygens (including phenoxy) is 1. The topological polar surface area (TPSA) is 38.3 Å². The molecule has 1 aliphatic heterocycles. The fraction of sp³-hybridized carbons (Fsp3) is 0.952. The average Bonchev–Trinajstić information content (AvgIpc) is 3.00. The molecule has 0 unspecified atom stereocenters. The van der Waals surface area contributed by atoms with Gasteiger partial charge in [0.2, 0.25) is 5.91 Å². The Balaban J connectivity index is 1.54. The zero-order valence-corrected chi connectivity index (χ0v) is 15.6. The molecule has 0 radical (unpaired) electrons. The third-order valence-corrected chi connectivity index (χ3v) is 8.36. The van der Waals surface area contributed by atoms with Gasteiger partial charge in [-0.2, -0.15) is 0 Å². The van der Waals surface area contributed by atoms with Crippen molar-refractivity contribution in [2.24, 2.45) is 28.6 Å². The molecular formula is C21H35NO2. The first kappa shape index (κ1) is 16.9. The molecule has 0 aromatic rings. The molecular weight excluding hydrogens is 298 g/mol. The molecule has 1 amide bonds. The third-order valence-electron chi connectivity index (χ3n) is 8.36. The maximum Gasteiger partial charge on any atom is 0.220 e. The minimum absolute atomic E-state index is 0.287. The van der Waals surface area contributed by atoms with Crippen molar-refractivity contribution in [3.63, 3.8) is 0 Å². The zero-order chi connectivity index (χ0) is 16.8. The highest BCUT2D eigenvalue weighted by Gasteiger charge is 2.59. The smallest absolute Gasteiger partial charge is 0.220 e. The molecule has 136 valence electrons. The van der Waals surface area contributed by atoms with Gasteiger partial charge in [-0.15, -0.1) is 0 Å². The summed E-state index contributed by atoms with van der Waals surface area (Å²) in [5, 5.41) is 3.34. The highest BCUT2D eigenvalue weighted by molar-refractivity contribution is 5.77. The Bertz CT molecular complexity index is 492. The lowest BCUT2D eigenvalue weighted by Gasteiger charge is -2.60. The van der Waals surface area contributed by atoms with E-state index in [-0.39, 0.29) is 5.91 Å². The number of carbonyl (C=O) groups is 1. The number of fused-ring (bicyclic) bond motifs is 5. The number of rotatable bonds is 4. The van der Waals surface area contributed by atoms with Gasteiger partial charge in [-0.25, -0.2) is 0 Å². The molecule has 3 nitrogen and oxygen atoms in total. The first-order valence-corrected chi connectivity index (χ1v) is 10.5. The van der Waals surface area contributed by atoms with Crippen molar-refractivity contribution in [1.29, 1.82) is 0 Å². The minimum Gasteiger partial charge on any atom is -0.381 e. The van der Waals surface area contributed by atoms with Gasteiger partial charge in [-0.3, -0.25) is 4.79 Å². The van der Waals surface area contributed by atoms with E-state index >= 15 is 0 Å². The molecule has 4 rings (SSSR count). The second kappa shape index (κ2) is 6.30. The SMILES string of the molecule is CCCOC[C@@]12CCC[C@H]1[C@@H]1CC[C@H]3NC(=O)CC[C@]3(C)[C@H]1CC2. The van der Waals surface area contributed by atoms with Gasteiger partial charge in [0, 0.05) is 19.1 Å². The van der Waals surface area contributed by atoms with Crippen LogP contribution >= 0.6 is 0 Å². The fourth-order valence-electron chi connectivity index (χ4n) is 7.17. The number of nitrogens with one attached hydrogen (secondary N) is 1. The molecule has 0 bridgehead atoms. The van der Waals surface area contributed by atoms with Crippen molar-refractivity contribution < 1.29 is 9.53 Å². The molecule has 0 spiro atoms. The van der Waals surface area contributed by atoms with Crippen molar-refractivity contribution >= 4 is 5.91 Å². The highest BCUT2D eigenvalue weighted by atomic mass is 16.5. The van der Waals surface area contributed by atoms with Gasteiger partial charge in [0.15, 0.2) is 0 Å². The fourth-order valence-corrected chi connectivity index (χ4v) is 7.17.